The number of likely N-dealkylation sites (N-methyl/N-ethyl adjacent to an activating group) is 1. The number of carbonyl (C=O) groups excluding carboxylic acids is 3. The summed E-state index contributed by atoms with van der Waals surface area (Å²) in [6.45, 7) is 0. The number of aliphatic hydroxyl groups excluding tert-OH is 2. The molecule has 0 bridgehead atoms. The monoisotopic (exact) mass is 536 g/mol. The number of fused-ring (bicyclic) bond motifs is 3. The number of nitrogens with two attached hydrogens (primary N) is 1. The first-order valence-corrected chi connectivity index (χ1v) is 11.9. The second-order valence-electron chi connectivity index (χ2n) is 10.1. The molecule has 3 aliphatic rings. The van der Waals surface area contributed by atoms with Crippen molar-refractivity contribution in [2.24, 2.45) is 17.6 Å². The highest BCUT2D eigenvalue weighted by Gasteiger charge is 2.63. The van der Waals surface area contributed by atoms with Gasteiger partial charge >= 0.3 is 5.69 Å². The van der Waals surface area contributed by atoms with Crippen LogP contribution in [0.4, 0.5) is 5.69 Å². The Labute approximate surface area is 220 Å². The molecule has 3 aliphatic carbocycles. The van der Waals surface area contributed by atoms with Crippen LogP contribution in [-0.4, -0.2) is 78.4 Å². The van der Waals surface area contributed by atoms with Gasteiger partial charge in [-0.1, -0.05) is 6.07 Å². The van der Waals surface area contributed by atoms with Crippen molar-refractivity contribution in [1.29, 1.82) is 0 Å². The first kappa shape index (κ1) is 26.0. The zero-order valence-electron chi connectivity index (χ0n) is 20.8. The Morgan fingerprint density at radius 1 is 1.23 bits per heavy atom. The van der Waals surface area contributed by atoms with Crippen LogP contribution in [0.1, 0.15) is 22.3 Å². The summed E-state index contributed by atoms with van der Waals surface area (Å²) in [5.74, 6) is -8.37. The van der Waals surface area contributed by atoms with E-state index >= 15 is 0 Å². The first-order chi connectivity index (χ1) is 18.3. The number of nitro benzene ring substituents is 1. The number of phenols is 1. The highest BCUT2D eigenvalue weighted by atomic mass is 16.6. The number of Topliss-reactive ketones (excluding diaryl/α,β-unsaturated/α-hetero) is 2. The van der Waals surface area contributed by atoms with E-state index in [1.54, 1.807) is 18.2 Å². The number of nitrogens with zero attached hydrogens (tertiary/aromatic N) is 3. The zero-order valence-corrected chi connectivity index (χ0v) is 20.8. The lowest BCUT2D eigenvalue weighted by atomic mass is 9.58. The molecule has 5 rings (SSSR count). The Balaban J connectivity index is 1.78. The van der Waals surface area contributed by atoms with Gasteiger partial charge in [0.1, 0.15) is 17.1 Å². The fourth-order valence-corrected chi connectivity index (χ4v) is 6.19. The molecule has 0 spiro atoms. The topological polar surface area (TPSA) is 217 Å². The Morgan fingerprint density at radius 3 is 2.49 bits per heavy atom. The predicted molar refractivity (Wildman–Crippen MR) is 134 cm³/mol. The van der Waals surface area contributed by atoms with E-state index in [2.05, 4.69) is 4.98 Å². The van der Waals surface area contributed by atoms with Crippen LogP contribution in [0.25, 0.3) is 11.3 Å². The number of rotatable bonds is 4. The van der Waals surface area contributed by atoms with Gasteiger partial charge in [-0.2, -0.15) is 0 Å². The van der Waals surface area contributed by atoms with Crippen LogP contribution >= 0.6 is 0 Å². The molecule has 2 aromatic rings. The van der Waals surface area contributed by atoms with E-state index in [1.807, 2.05) is 0 Å². The maximum Gasteiger partial charge on any atom is 0.312 e. The van der Waals surface area contributed by atoms with Gasteiger partial charge in [0, 0.05) is 29.3 Å². The summed E-state index contributed by atoms with van der Waals surface area (Å²) in [4.78, 5) is 55.9. The fourth-order valence-electron chi connectivity index (χ4n) is 6.19. The number of carbonyl (C=O) groups is 3. The fraction of sp³-hybridized carbons (Fsp3) is 0.308. The highest BCUT2D eigenvalue weighted by molar-refractivity contribution is 6.25. The molecule has 6 N–H and O–H groups in total. The highest BCUT2D eigenvalue weighted by Crippen LogP contribution is 2.54. The Morgan fingerprint density at radius 2 is 1.92 bits per heavy atom. The predicted octanol–water partition coefficient (Wildman–Crippen LogP) is 1.09. The van der Waals surface area contributed by atoms with Gasteiger partial charge in [0.05, 0.1) is 22.2 Å². The maximum atomic E-state index is 13.9. The van der Waals surface area contributed by atoms with E-state index < -0.39 is 85.5 Å². The summed E-state index contributed by atoms with van der Waals surface area (Å²) in [5.41, 5.74) is 0.758. The molecule has 0 unspecified atom stereocenters. The summed E-state index contributed by atoms with van der Waals surface area (Å²) >= 11 is 0. The van der Waals surface area contributed by atoms with Gasteiger partial charge in [-0.3, -0.25) is 34.4 Å². The van der Waals surface area contributed by atoms with Gasteiger partial charge in [-0.05, 0) is 50.6 Å². The number of phenolic OH excluding ortho intramolecular Hbond substituents is 1. The van der Waals surface area contributed by atoms with E-state index in [9.17, 15) is 44.9 Å². The number of aliphatic hydroxyl groups is 3. The van der Waals surface area contributed by atoms with Crippen molar-refractivity contribution in [3.8, 4) is 17.0 Å². The van der Waals surface area contributed by atoms with Crippen molar-refractivity contribution in [2.45, 2.75) is 24.5 Å². The average Bonchev–Trinajstić information content (AvgIpc) is 2.86. The number of hydrogen-bond acceptors (Lipinski definition) is 11. The SMILES string of the molecule is CN(C)[C@@H]1C(O)=C(C(N)=O)C(=O)[C@@]2(O)C(O)=C3C(=O)c4c(O)c([N+](=O)[O-])cc(-c5ccccn5)c4C[C@H]3C[C@@H]12. The molecule has 13 heteroatoms. The molecule has 4 atom stereocenters. The van der Waals surface area contributed by atoms with Gasteiger partial charge in [0.2, 0.25) is 11.5 Å². The number of aromatic hydroxyl groups is 1. The van der Waals surface area contributed by atoms with Gasteiger partial charge in [0.25, 0.3) is 5.91 Å². The lowest BCUT2D eigenvalue weighted by Crippen LogP contribution is -2.63. The quantitative estimate of drug-likeness (QED) is 0.212. The lowest BCUT2D eigenvalue weighted by Gasteiger charge is -2.50. The Hall–Kier alpha value is -4.62. The van der Waals surface area contributed by atoms with Crippen LogP contribution in [0.5, 0.6) is 5.75 Å². The number of benzene rings is 1. The molecule has 0 saturated carbocycles. The standard InChI is InChI=1S/C26H24N4O9/c1-29(2)19-13-8-10-7-12-11(14-5-3-4-6-28-14)9-15(30(38)39)20(31)17(12)21(32)16(10)23(34)26(13,37)24(35)18(22(19)33)25(27)36/h3-6,9-10,13,19,31,33-34,37H,7-8H2,1-2H3,(H2,27,36)/t10-,13-,19-,26-/m0/s1. The molecule has 1 heterocycles. The minimum absolute atomic E-state index is 0.0218. The average molecular weight is 536 g/mol. The van der Waals surface area contributed by atoms with Crippen molar-refractivity contribution in [2.75, 3.05) is 14.1 Å². The van der Waals surface area contributed by atoms with Crippen molar-refractivity contribution in [3.05, 3.63) is 74.4 Å². The minimum atomic E-state index is -2.80. The maximum absolute atomic E-state index is 13.9. The molecule has 13 nitrogen and oxygen atoms in total. The molecule has 0 radical (unpaired) electrons. The van der Waals surface area contributed by atoms with Crippen molar-refractivity contribution in [1.82, 2.24) is 9.88 Å². The van der Waals surface area contributed by atoms with Crippen molar-refractivity contribution < 1.29 is 39.7 Å². The van der Waals surface area contributed by atoms with Crippen LogP contribution < -0.4 is 5.73 Å². The van der Waals surface area contributed by atoms with Gasteiger partial charge in [0.15, 0.2) is 11.4 Å². The Kier molecular flexibility index (Phi) is 5.81. The molecule has 39 heavy (non-hydrogen) atoms. The summed E-state index contributed by atoms with van der Waals surface area (Å²) in [5, 5.41) is 56.4. The molecule has 0 saturated heterocycles. The van der Waals surface area contributed by atoms with Crippen LogP contribution in [0, 0.1) is 22.0 Å². The van der Waals surface area contributed by atoms with Gasteiger partial charge < -0.3 is 26.2 Å². The minimum Gasteiger partial charge on any atom is -0.510 e. The number of allylic oxidation sites excluding steroid dienone is 1. The normalized spacial score (nSPS) is 26.3. The molecule has 1 aromatic heterocycles. The third kappa shape index (κ3) is 3.47. The number of pyridine rings is 1. The second kappa shape index (κ2) is 8.71. The third-order valence-electron chi connectivity index (χ3n) is 7.84. The molecule has 0 fully saturated rings. The Bertz CT molecular complexity index is 1550. The van der Waals surface area contributed by atoms with E-state index in [0.29, 0.717) is 5.69 Å². The van der Waals surface area contributed by atoms with E-state index in [1.165, 1.54) is 25.2 Å². The molecule has 1 amide bonds. The first-order valence-electron chi connectivity index (χ1n) is 11.9. The number of primary amides is 1. The summed E-state index contributed by atoms with van der Waals surface area (Å²) in [7, 11) is 3.06. The molecule has 1 aromatic carbocycles. The zero-order chi connectivity index (χ0) is 28.5. The molecular formula is C26H24N4O9. The number of nitro groups is 1. The van der Waals surface area contributed by atoms with Crippen molar-refractivity contribution in [3.63, 3.8) is 0 Å². The van der Waals surface area contributed by atoms with E-state index in [0.717, 1.165) is 6.07 Å². The summed E-state index contributed by atoms with van der Waals surface area (Å²) in [6.07, 6.45) is 1.33. The summed E-state index contributed by atoms with van der Waals surface area (Å²) < 4.78 is 0. The second-order valence-corrected chi connectivity index (χ2v) is 10.1. The third-order valence-corrected chi connectivity index (χ3v) is 7.84. The molecule has 0 aliphatic heterocycles. The van der Waals surface area contributed by atoms with E-state index in [-0.39, 0.29) is 24.0 Å². The van der Waals surface area contributed by atoms with Gasteiger partial charge in [-0.25, -0.2) is 0 Å². The number of amides is 1. The number of ketones is 2. The van der Waals surface area contributed by atoms with Crippen LogP contribution in [-0.2, 0) is 16.0 Å². The molecular weight excluding hydrogens is 512 g/mol. The van der Waals surface area contributed by atoms with E-state index in [4.69, 9.17) is 5.73 Å². The number of aromatic nitrogens is 1. The van der Waals surface area contributed by atoms with Crippen LogP contribution in [0.3, 0.4) is 0 Å². The molecule has 202 valence electrons. The van der Waals surface area contributed by atoms with Crippen LogP contribution in [0.2, 0.25) is 0 Å². The largest absolute Gasteiger partial charge is 0.510 e. The lowest BCUT2D eigenvalue weighted by molar-refractivity contribution is -0.385. The smallest absolute Gasteiger partial charge is 0.312 e. The summed E-state index contributed by atoms with van der Waals surface area (Å²) in [6, 6.07) is 4.86. The van der Waals surface area contributed by atoms with Crippen molar-refractivity contribution >= 4 is 23.2 Å². The number of hydrogen-bond donors (Lipinski definition) is 5. The van der Waals surface area contributed by atoms with Gasteiger partial charge in [-0.15, -0.1) is 0 Å². The van der Waals surface area contributed by atoms with Crippen LogP contribution in [0.15, 0.2) is 53.1 Å².